The van der Waals surface area contributed by atoms with E-state index >= 15 is 0 Å². The van der Waals surface area contributed by atoms with Crippen molar-refractivity contribution in [1.82, 2.24) is 10.3 Å². The zero-order valence-electron chi connectivity index (χ0n) is 11.4. The number of nitrogens with zero attached hydrogens (tertiary/aromatic N) is 1. The second-order valence-corrected chi connectivity index (χ2v) is 4.90. The van der Waals surface area contributed by atoms with Gasteiger partial charge in [-0.1, -0.05) is 0 Å². The maximum Gasteiger partial charge on any atom is 0.420 e. The van der Waals surface area contributed by atoms with Crippen LogP contribution in [0.1, 0.15) is 16.8 Å². The van der Waals surface area contributed by atoms with Gasteiger partial charge in [-0.25, -0.2) is 4.39 Å². The van der Waals surface area contributed by atoms with Crippen molar-refractivity contribution in [2.24, 2.45) is 0 Å². The van der Waals surface area contributed by atoms with Crippen molar-refractivity contribution in [3.8, 4) is 11.5 Å². The number of fused-ring (bicyclic) bond motifs is 1. The van der Waals surface area contributed by atoms with E-state index < -0.39 is 23.3 Å². The molecule has 0 atom stereocenters. The van der Waals surface area contributed by atoms with Gasteiger partial charge in [-0.05, 0) is 37.2 Å². The Bertz CT molecular complexity index is 700. The Hall–Kier alpha value is -2.15. The largest absolute Gasteiger partial charge is 0.456 e. The lowest BCUT2D eigenvalue weighted by atomic mass is 10.1. The van der Waals surface area contributed by atoms with Crippen molar-refractivity contribution < 1.29 is 22.3 Å². The molecule has 2 aromatic rings. The number of ether oxygens (including phenoxy) is 1. The summed E-state index contributed by atoms with van der Waals surface area (Å²) in [5.41, 5.74) is 0.394. The van der Waals surface area contributed by atoms with Crippen molar-refractivity contribution in [2.75, 3.05) is 6.54 Å². The molecule has 1 N–H and O–H groups in total. The van der Waals surface area contributed by atoms with E-state index in [-0.39, 0.29) is 0 Å². The Labute approximate surface area is 123 Å². The van der Waals surface area contributed by atoms with E-state index in [9.17, 15) is 17.6 Å². The van der Waals surface area contributed by atoms with E-state index in [0.717, 1.165) is 23.4 Å². The number of hydrogen-bond acceptors (Lipinski definition) is 3. The molecule has 0 unspecified atom stereocenters. The van der Waals surface area contributed by atoms with Gasteiger partial charge in [0.2, 0.25) is 0 Å². The minimum atomic E-state index is -4.69. The van der Waals surface area contributed by atoms with Gasteiger partial charge in [0.1, 0.15) is 22.9 Å². The van der Waals surface area contributed by atoms with Crippen LogP contribution in [0.4, 0.5) is 17.6 Å². The molecule has 0 bridgehead atoms. The lowest BCUT2D eigenvalue weighted by molar-refractivity contribution is -0.138. The predicted octanol–water partition coefficient (Wildman–Crippen LogP) is 3.68. The highest BCUT2D eigenvalue weighted by Gasteiger charge is 2.35. The molecular formula is C15H12F4N2O. The smallest absolute Gasteiger partial charge is 0.420 e. The molecule has 0 radical (unpaired) electrons. The average Bonchev–Trinajstić information content (AvgIpc) is 2.48. The van der Waals surface area contributed by atoms with E-state index in [2.05, 4.69) is 10.3 Å². The van der Waals surface area contributed by atoms with Crippen LogP contribution in [0.3, 0.4) is 0 Å². The first-order valence-electron chi connectivity index (χ1n) is 6.67. The minimum Gasteiger partial charge on any atom is -0.456 e. The molecule has 0 spiro atoms. The third-order valence-corrected chi connectivity index (χ3v) is 3.41. The molecular weight excluding hydrogens is 300 g/mol. The summed E-state index contributed by atoms with van der Waals surface area (Å²) < 4.78 is 57.6. The monoisotopic (exact) mass is 312 g/mol. The van der Waals surface area contributed by atoms with Crippen molar-refractivity contribution in [1.29, 1.82) is 0 Å². The quantitative estimate of drug-likeness (QED) is 0.859. The van der Waals surface area contributed by atoms with Gasteiger partial charge < -0.3 is 10.1 Å². The highest BCUT2D eigenvalue weighted by atomic mass is 19.4. The van der Waals surface area contributed by atoms with E-state index in [1.165, 1.54) is 12.3 Å². The fourth-order valence-electron chi connectivity index (χ4n) is 2.38. The first-order chi connectivity index (χ1) is 10.4. The lowest BCUT2D eigenvalue weighted by Gasteiger charge is -2.20. The molecule has 0 fully saturated rings. The maximum absolute atomic E-state index is 13.1. The molecule has 1 aromatic heterocycles. The molecule has 0 saturated carbocycles. The van der Waals surface area contributed by atoms with Gasteiger partial charge in [0.15, 0.2) is 0 Å². The van der Waals surface area contributed by atoms with E-state index in [1.54, 1.807) is 0 Å². The Morgan fingerprint density at radius 1 is 1.14 bits per heavy atom. The fourth-order valence-corrected chi connectivity index (χ4v) is 2.38. The predicted molar refractivity (Wildman–Crippen MR) is 71.1 cm³/mol. The highest BCUT2D eigenvalue weighted by molar-refractivity contribution is 5.44. The molecule has 7 heteroatoms. The molecule has 22 heavy (non-hydrogen) atoms. The van der Waals surface area contributed by atoms with Crippen molar-refractivity contribution in [3.63, 3.8) is 0 Å². The molecule has 3 nitrogen and oxygen atoms in total. The van der Waals surface area contributed by atoms with E-state index in [0.29, 0.717) is 31.3 Å². The zero-order chi connectivity index (χ0) is 15.7. The van der Waals surface area contributed by atoms with Gasteiger partial charge in [0, 0.05) is 18.3 Å². The van der Waals surface area contributed by atoms with Crippen LogP contribution in [0.25, 0.3) is 0 Å². The summed E-state index contributed by atoms with van der Waals surface area (Å²) >= 11 is 0. The normalized spacial score (nSPS) is 14.5. The first-order valence-corrected chi connectivity index (χ1v) is 6.67. The molecule has 0 amide bonds. The number of aromatic nitrogens is 1. The van der Waals surface area contributed by atoms with Gasteiger partial charge in [-0.2, -0.15) is 13.2 Å². The number of halogens is 4. The maximum atomic E-state index is 13.1. The second kappa shape index (κ2) is 5.57. The van der Waals surface area contributed by atoms with Crippen molar-refractivity contribution in [3.05, 3.63) is 53.1 Å². The molecule has 0 saturated heterocycles. The summed E-state index contributed by atoms with van der Waals surface area (Å²) in [7, 11) is 0. The summed E-state index contributed by atoms with van der Waals surface area (Å²) in [6.45, 7) is 1.24. The minimum absolute atomic E-state index is 0.323. The third kappa shape index (κ3) is 2.89. The number of benzene rings is 1. The van der Waals surface area contributed by atoms with Crippen LogP contribution >= 0.6 is 0 Å². The number of rotatable bonds is 2. The molecule has 3 rings (SSSR count). The Morgan fingerprint density at radius 2 is 1.95 bits per heavy atom. The van der Waals surface area contributed by atoms with Crippen molar-refractivity contribution in [2.45, 2.75) is 19.1 Å². The van der Waals surface area contributed by atoms with E-state index in [4.69, 9.17) is 4.74 Å². The van der Waals surface area contributed by atoms with Gasteiger partial charge in [-0.15, -0.1) is 0 Å². The Balaban J connectivity index is 2.01. The van der Waals surface area contributed by atoms with Gasteiger partial charge >= 0.3 is 6.18 Å². The average molecular weight is 312 g/mol. The Morgan fingerprint density at radius 3 is 2.73 bits per heavy atom. The molecule has 1 aliphatic heterocycles. The fraction of sp³-hybridized carbons (Fsp3) is 0.267. The first kappa shape index (κ1) is 14.8. The number of nitrogens with one attached hydrogen (secondary N) is 1. The number of pyridine rings is 1. The van der Waals surface area contributed by atoms with Crippen LogP contribution < -0.4 is 10.1 Å². The molecule has 1 aromatic carbocycles. The SMILES string of the molecule is Fc1ccc(Oc2ccnc3c2CCNC3)c(C(F)(F)F)c1. The third-order valence-electron chi connectivity index (χ3n) is 3.41. The highest BCUT2D eigenvalue weighted by Crippen LogP contribution is 2.39. The topological polar surface area (TPSA) is 34.1 Å². The summed E-state index contributed by atoms with van der Waals surface area (Å²) in [4.78, 5) is 4.18. The molecule has 1 aliphatic rings. The van der Waals surface area contributed by atoms with Gasteiger partial charge in [0.25, 0.3) is 0 Å². The number of hydrogen-bond donors (Lipinski definition) is 1. The summed E-state index contributed by atoms with van der Waals surface area (Å²) in [6.07, 6.45) is -2.59. The second-order valence-electron chi connectivity index (χ2n) is 4.90. The molecule has 2 heterocycles. The van der Waals surface area contributed by atoms with Crippen LogP contribution in [0.15, 0.2) is 30.5 Å². The van der Waals surface area contributed by atoms with Crippen LogP contribution in [-0.4, -0.2) is 11.5 Å². The summed E-state index contributed by atoms with van der Waals surface area (Å²) in [5.74, 6) is -1.05. The Kier molecular flexibility index (Phi) is 3.74. The van der Waals surface area contributed by atoms with Crippen LogP contribution in [0.5, 0.6) is 11.5 Å². The lowest BCUT2D eigenvalue weighted by Crippen LogP contribution is -2.25. The van der Waals surface area contributed by atoms with Gasteiger partial charge in [-0.3, -0.25) is 4.98 Å². The molecule has 0 aliphatic carbocycles. The van der Waals surface area contributed by atoms with Crippen molar-refractivity contribution >= 4 is 0 Å². The van der Waals surface area contributed by atoms with Crippen LogP contribution in [-0.2, 0) is 19.1 Å². The summed E-state index contributed by atoms with van der Waals surface area (Å²) in [6, 6.07) is 3.89. The van der Waals surface area contributed by atoms with Gasteiger partial charge in [0.05, 0.1) is 5.69 Å². The number of alkyl halides is 3. The molecule has 116 valence electrons. The summed E-state index contributed by atoms with van der Waals surface area (Å²) in [5, 5.41) is 3.13. The zero-order valence-corrected chi connectivity index (χ0v) is 11.4. The van der Waals surface area contributed by atoms with E-state index in [1.807, 2.05) is 0 Å². The standard InChI is InChI=1S/C15H12F4N2O/c16-9-1-2-14(11(7-9)15(17,18)19)22-13-4-6-21-12-8-20-5-3-10(12)13/h1-2,4,6-7,20H,3,5,8H2. The van der Waals surface area contributed by atoms with Crippen LogP contribution in [0.2, 0.25) is 0 Å². The van der Waals surface area contributed by atoms with Crippen LogP contribution in [0, 0.1) is 5.82 Å².